The van der Waals surface area contributed by atoms with E-state index in [1.807, 2.05) is 173 Å². The third-order valence-corrected chi connectivity index (χ3v) is 14.2. The van der Waals surface area contributed by atoms with E-state index in [0.29, 0.717) is 97.8 Å². The number of nitrogens with zero attached hydrogens (tertiary/aromatic N) is 15. The summed E-state index contributed by atoms with van der Waals surface area (Å²) in [6.07, 6.45) is 15.3. The molecule has 2 aliphatic rings. The number of fused-ring (bicyclic) bond motifs is 5. The summed E-state index contributed by atoms with van der Waals surface area (Å²) in [7, 11) is 0. The van der Waals surface area contributed by atoms with Crippen LogP contribution in [0.25, 0.3) is 27.6 Å². The van der Waals surface area contributed by atoms with Crippen LogP contribution < -0.4 is 53.5 Å². The second-order valence-corrected chi connectivity index (χ2v) is 24.1. The highest BCUT2D eigenvalue weighted by Crippen LogP contribution is 2.34. The molecule has 11 aromatic rings. The predicted molar refractivity (Wildman–Crippen MR) is 401 cm³/mol. The fourth-order valence-corrected chi connectivity index (χ4v) is 9.91. The zero-order valence-corrected chi connectivity index (χ0v) is 58.8. The van der Waals surface area contributed by atoms with Gasteiger partial charge in [0.25, 0.3) is 17.6 Å². The van der Waals surface area contributed by atoms with Crippen LogP contribution in [0.4, 0.5) is 39.8 Å². The molecule has 0 bridgehead atoms. The Labute approximate surface area is 589 Å². The SMILES string of the molecule is CC(C)Cc1nn2ccccc2c1N=C1N=C(Nc2c(OC(C)C)nn3ccccc23)C(=N)C=C1N.CC(C)Cc1nn2ccccc2c1N=C1N=C(Nc2c(OC(C)C)nn3ccccc23)C(=N)C=C1N.CC(C)Oc1nn2ccccc2c1N.Cl.Cl.Cl.Nc1cnc(Cl)c(N)c1. The summed E-state index contributed by atoms with van der Waals surface area (Å²) in [6.45, 7) is 20.2. The first-order valence-corrected chi connectivity index (χ1v) is 31.1. The number of dihydropyridines is 2. The summed E-state index contributed by atoms with van der Waals surface area (Å²) in [4.78, 5) is 22.7. The molecule has 0 unspecified atom stereocenters. The van der Waals surface area contributed by atoms with E-state index in [4.69, 9.17) is 85.5 Å². The van der Waals surface area contributed by atoms with Crippen LogP contribution in [0.5, 0.6) is 17.6 Å². The average Bonchev–Trinajstić information content (AvgIpc) is 1.75. The monoisotopic (exact) mass is 1410 g/mol. The van der Waals surface area contributed by atoms with Gasteiger partial charge in [-0.25, -0.2) is 47.5 Å². The Kier molecular flexibility index (Phi) is 25.0. The summed E-state index contributed by atoms with van der Waals surface area (Å²) < 4.78 is 26.2. The van der Waals surface area contributed by atoms with Gasteiger partial charge in [-0.05, 0) is 145 Å². The molecule has 27 nitrogen and oxygen atoms in total. The van der Waals surface area contributed by atoms with Crippen molar-refractivity contribution >= 4 is 151 Å². The maximum Gasteiger partial charge on any atom is 0.258 e. The zero-order valence-electron chi connectivity index (χ0n) is 55.6. The Morgan fingerprint density at radius 2 is 0.827 bits per heavy atom. The third-order valence-electron chi connectivity index (χ3n) is 13.8. The van der Waals surface area contributed by atoms with Crippen LogP contribution in [-0.4, -0.2) is 106 Å². The second kappa shape index (κ2) is 32.8. The van der Waals surface area contributed by atoms with Gasteiger partial charge in [0.2, 0.25) is 0 Å². The molecule has 0 spiro atoms. The maximum atomic E-state index is 8.52. The largest absolute Gasteiger partial charge is 0.472 e. The minimum absolute atomic E-state index is 0. The van der Waals surface area contributed by atoms with Crippen molar-refractivity contribution in [2.24, 2.45) is 43.3 Å². The Morgan fingerprint density at radius 1 is 0.480 bits per heavy atom. The van der Waals surface area contributed by atoms with Gasteiger partial charge < -0.3 is 53.5 Å². The third kappa shape index (κ3) is 17.6. The van der Waals surface area contributed by atoms with E-state index >= 15 is 0 Å². The number of rotatable bonds is 14. The van der Waals surface area contributed by atoms with E-state index in [0.717, 1.165) is 63.2 Å². The first kappa shape index (κ1) is 74.7. The standard InChI is InChI=1S/2C26H29N9O.C10H13N3O.C5H6ClN3.3ClH/c2*1-15(2)13-19-22(20-9-5-7-11-34(20)32-19)29-24-17(27)14-18(28)25(31-24)30-23-21-10-6-8-12-35(21)33-26(23)36-16(3)4;1-7(2)14-10-9(11)8-5-3-4-6-13(8)12-10;6-5-4(8)1-3(7)2-9-5;;;/h2*5-12,14-16,28H,13,27H2,1-4H3,(H,29,30,31);3-7H,11H2,1-2H3;1-2H,7-8H2;3*1H. The van der Waals surface area contributed by atoms with Crippen LogP contribution in [0.1, 0.15) is 80.6 Å². The van der Waals surface area contributed by atoms with Gasteiger partial charge in [-0.3, -0.25) is 10.8 Å². The number of nitrogens with two attached hydrogens (primary N) is 5. The van der Waals surface area contributed by atoms with E-state index in [2.05, 4.69) is 68.6 Å². The zero-order chi connectivity index (χ0) is 67.8. The highest BCUT2D eigenvalue weighted by atomic mass is 35.5. The average molecular weight is 1410 g/mol. The van der Waals surface area contributed by atoms with Crippen molar-refractivity contribution in [2.75, 3.05) is 27.8 Å². The molecule has 14 N–H and O–H groups in total. The number of hydrogen-bond donors (Lipinski definition) is 9. The molecule has 514 valence electrons. The van der Waals surface area contributed by atoms with Crippen molar-refractivity contribution in [2.45, 2.75) is 100 Å². The lowest BCUT2D eigenvalue weighted by Gasteiger charge is -2.16. The van der Waals surface area contributed by atoms with Crippen LogP contribution in [0.2, 0.25) is 5.15 Å². The summed E-state index contributed by atoms with van der Waals surface area (Å²) in [5.74, 6) is 3.40. The van der Waals surface area contributed by atoms with E-state index < -0.39 is 0 Å². The second-order valence-electron chi connectivity index (χ2n) is 23.7. The molecule has 0 amide bonds. The Hall–Kier alpha value is -10.7. The number of pyridine rings is 6. The molecule has 31 heteroatoms. The first-order chi connectivity index (χ1) is 45.5. The van der Waals surface area contributed by atoms with Crippen molar-refractivity contribution < 1.29 is 14.2 Å². The van der Waals surface area contributed by atoms with E-state index in [1.54, 1.807) is 31.8 Å². The normalized spacial score (nSPS) is 13.7. The van der Waals surface area contributed by atoms with Gasteiger partial charge in [0, 0.05) is 31.0 Å². The van der Waals surface area contributed by atoms with Crippen molar-refractivity contribution in [1.29, 1.82) is 10.8 Å². The predicted octanol–water partition coefficient (Wildman–Crippen LogP) is 12.6. The number of amidine groups is 4. The van der Waals surface area contributed by atoms with E-state index in [9.17, 15) is 0 Å². The minimum Gasteiger partial charge on any atom is -0.472 e. The van der Waals surface area contributed by atoms with Crippen molar-refractivity contribution in [1.82, 2.24) is 53.1 Å². The summed E-state index contributed by atoms with van der Waals surface area (Å²) >= 11 is 5.49. The van der Waals surface area contributed by atoms with Crippen molar-refractivity contribution in [3.63, 3.8) is 0 Å². The Balaban J connectivity index is 0.000000204. The quantitative estimate of drug-likeness (QED) is 0.0457. The lowest BCUT2D eigenvalue weighted by atomic mass is 10.1. The van der Waals surface area contributed by atoms with Crippen LogP contribution in [-0.2, 0) is 12.8 Å². The van der Waals surface area contributed by atoms with E-state index in [-0.39, 0.29) is 67.0 Å². The molecule has 0 aromatic carbocycles. The lowest BCUT2D eigenvalue weighted by molar-refractivity contribution is 0.232. The number of halogens is 4. The van der Waals surface area contributed by atoms with E-state index in [1.165, 1.54) is 6.20 Å². The smallest absolute Gasteiger partial charge is 0.258 e. The number of aliphatic imine (C=N–C) groups is 4. The molecule has 2 aliphatic heterocycles. The maximum absolute atomic E-state index is 8.52. The van der Waals surface area contributed by atoms with Gasteiger partial charge in [-0.1, -0.05) is 69.6 Å². The highest BCUT2D eigenvalue weighted by Gasteiger charge is 2.26. The minimum atomic E-state index is -0.0779. The molecule has 11 aromatic heterocycles. The number of anilines is 5. The fourth-order valence-electron chi connectivity index (χ4n) is 9.81. The number of nitrogens with one attached hydrogen (secondary N) is 4. The number of nitrogen functional groups attached to an aromatic ring is 3. The van der Waals surface area contributed by atoms with Gasteiger partial charge in [-0.15, -0.1) is 52.5 Å². The van der Waals surface area contributed by atoms with Gasteiger partial charge in [0.05, 0.1) is 97.7 Å². The summed E-state index contributed by atoms with van der Waals surface area (Å²) in [6, 6.07) is 30.5. The van der Waals surface area contributed by atoms with Crippen molar-refractivity contribution in [3.05, 3.63) is 174 Å². The molecule has 0 atom stereocenters. The van der Waals surface area contributed by atoms with Crippen LogP contribution in [0, 0.1) is 22.7 Å². The first-order valence-electron chi connectivity index (χ1n) is 30.8. The van der Waals surface area contributed by atoms with Crippen LogP contribution >= 0.6 is 48.8 Å². The number of ether oxygens (including phenoxy) is 3. The molecule has 0 saturated carbocycles. The molecular formula is C67H80Cl4N24O3. The Morgan fingerprint density at radius 3 is 1.18 bits per heavy atom. The molecule has 0 saturated heterocycles. The Bertz CT molecular complexity index is 4620. The molecule has 13 heterocycles. The number of aromatic nitrogens is 11. The van der Waals surface area contributed by atoms with Crippen LogP contribution in [0.15, 0.2) is 178 Å². The molecule has 0 aliphatic carbocycles. The van der Waals surface area contributed by atoms with Crippen molar-refractivity contribution in [3.8, 4) is 17.6 Å². The summed E-state index contributed by atoms with van der Waals surface area (Å²) in [5, 5.41) is 46.6. The fraction of sp³-hybridized carbons (Fsp3) is 0.254. The highest BCUT2D eigenvalue weighted by molar-refractivity contribution is 6.53. The molecule has 0 radical (unpaired) electrons. The molecule has 0 fully saturated rings. The lowest BCUT2D eigenvalue weighted by Crippen LogP contribution is -2.29. The molecular weight excluding hydrogens is 1330 g/mol. The van der Waals surface area contributed by atoms with Gasteiger partial charge in [0.15, 0.2) is 28.5 Å². The van der Waals surface area contributed by atoms with Gasteiger partial charge in [0.1, 0.15) is 28.4 Å². The van der Waals surface area contributed by atoms with Gasteiger partial charge >= 0.3 is 0 Å². The topological polar surface area (TPSA) is 378 Å². The number of hydrogen-bond acceptors (Lipinski definition) is 20. The van der Waals surface area contributed by atoms with Crippen LogP contribution in [0.3, 0.4) is 0 Å². The summed E-state index contributed by atoms with van der Waals surface area (Å²) in [5.41, 5.74) is 40.2. The van der Waals surface area contributed by atoms with Gasteiger partial charge in [-0.2, -0.15) is 10.2 Å². The molecule has 13 rings (SSSR count). The molecule has 98 heavy (non-hydrogen) atoms.